The molecule has 1 saturated heterocycles. The number of aliphatic hydroxyl groups is 2. The molecule has 2 fully saturated rings. The van der Waals surface area contributed by atoms with E-state index in [4.69, 9.17) is 17.0 Å². The highest BCUT2D eigenvalue weighted by molar-refractivity contribution is 7.80. The highest BCUT2D eigenvalue weighted by atomic mass is 32.1. The Labute approximate surface area is 214 Å². The van der Waals surface area contributed by atoms with Gasteiger partial charge in [-0.15, -0.1) is 0 Å². The molecule has 1 saturated carbocycles. The molecule has 3 N–H and O–H groups in total. The first kappa shape index (κ1) is 26.1. The number of aliphatic hydroxyl groups excluding tert-OH is 2. The summed E-state index contributed by atoms with van der Waals surface area (Å²) in [5.74, 6) is -0.708. The number of hydrogen-bond acceptors (Lipinski definition) is 5. The van der Waals surface area contributed by atoms with E-state index >= 15 is 0 Å². The van der Waals surface area contributed by atoms with E-state index < -0.39 is 23.7 Å². The SMILES string of the molecule is C=C1C(C)C2C(Cc3ccccc3)NC(=S)C23OC(=O)CCC(O)CCCC(C)C/C=C/C3C1O. The van der Waals surface area contributed by atoms with Gasteiger partial charge in [0.25, 0.3) is 0 Å². The highest BCUT2D eigenvalue weighted by Crippen LogP contribution is 2.53. The van der Waals surface area contributed by atoms with Gasteiger partial charge < -0.3 is 20.3 Å². The van der Waals surface area contributed by atoms with Gasteiger partial charge in [0.15, 0.2) is 5.60 Å². The Balaban J connectivity index is 1.75. The molecule has 1 spiro atoms. The van der Waals surface area contributed by atoms with Crippen molar-refractivity contribution in [1.82, 2.24) is 5.32 Å². The van der Waals surface area contributed by atoms with Gasteiger partial charge in [0.1, 0.15) is 4.99 Å². The maximum atomic E-state index is 13.2. The Morgan fingerprint density at radius 2 is 1.91 bits per heavy atom. The van der Waals surface area contributed by atoms with Crippen molar-refractivity contribution in [3.8, 4) is 0 Å². The van der Waals surface area contributed by atoms with Crippen LogP contribution in [0, 0.1) is 23.7 Å². The van der Waals surface area contributed by atoms with Gasteiger partial charge in [-0.3, -0.25) is 4.79 Å². The lowest BCUT2D eigenvalue weighted by Crippen LogP contribution is -2.61. The maximum absolute atomic E-state index is 13.2. The Hall–Kier alpha value is -2.02. The number of nitrogens with one attached hydrogen (secondary N) is 1. The second kappa shape index (κ2) is 10.9. The van der Waals surface area contributed by atoms with Crippen LogP contribution in [0.25, 0.3) is 0 Å². The predicted molar refractivity (Wildman–Crippen MR) is 142 cm³/mol. The van der Waals surface area contributed by atoms with Crippen molar-refractivity contribution in [2.75, 3.05) is 0 Å². The third-order valence-corrected chi connectivity index (χ3v) is 8.75. The molecule has 5 nitrogen and oxygen atoms in total. The largest absolute Gasteiger partial charge is 0.451 e. The van der Waals surface area contributed by atoms with Gasteiger partial charge in [-0.25, -0.2) is 0 Å². The van der Waals surface area contributed by atoms with E-state index in [0.29, 0.717) is 23.7 Å². The summed E-state index contributed by atoms with van der Waals surface area (Å²) in [5.41, 5.74) is 0.774. The van der Waals surface area contributed by atoms with Crippen molar-refractivity contribution >= 4 is 23.2 Å². The normalized spacial score (nSPS) is 39.5. The molecule has 190 valence electrons. The predicted octanol–water partition coefficient (Wildman–Crippen LogP) is 4.52. The first-order chi connectivity index (χ1) is 16.7. The molecule has 1 aromatic carbocycles. The lowest BCUT2D eigenvalue weighted by atomic mass is 9.59. The summed E-state index contributed by atoms with van der Waals surface area (Å²) in [4.78, 5) is 13.7. The molecule has 35 heavy (non-hydrogen) atoms. The Kier molecular flexibility index (Phi) is 8.14. The second-order valence-electron chi connectivity index (χ2n) is 10.8. The summed E-state index contributed by atoms with van der Waals surface area (Å²) in [6.07, 6.45) is 7.42. The molecule has 2 heterocycles. The van der Waals surface area contributed by atoms with Gasteiger partial charge in [0.05, 0.1) is 18.1 Å². The molecule has 0 aromatic heterocycles. The quantitative estimate of drug-likeness (QED) is 0.317. The monoisotopic (exact) mass is 497 g/mol. The average molecular weight is 498 g/mol. The zero-order valence-corrected chi connectivity index (χ0v) is 21.7. The van der Waals surface area contributed by atoms with Crippen LogP contribution in [0.5, 0.6) is 0 Å². The molecule has 8 unspecified atom stereocenters. The third kappa shape index (κ3) is 5.25. The highest BCUT2D eigenvalue weighted by Gasteiger charge is 2.65. The van der Waals surface area contributed by atoms with Crippen molar-refractivity contribution in [2.24, 2.45) is 23.7 Å². The molecule has 2 aliphatic heterocycles. The zero-order valence-electron chi connectivity index (χ0n) is 20.9. The molecule has 0 bridgehead atoms. The van der Waals surface area contributed by atoms with Gasteiger partial charge in [0, 0.05) is 18.4 Å². The number of carbonyl (C=O) groups excluding carboxylic acids is 1. The van der Waals surface area contributed by atoms with Gasteiger partial charge >= 0.3 is 5.97 Å². The molecule has 1 aromatic rings. The first-order valence-corrected chi connectivity index (χ1v) is 13.4. The maximum Gasteiger partial charge on any atom is 0.306 e. The molecule has 8 atom stereocenters. The van der Waals surface area contributed by atoms with E-state index in [0.717, 1.165) is 31.3 Å². The third-order valence-electron chi connectivity index (χ3n) is 8.32. The van der Waals surface area contributed by atoms with Crippen LogP contribution in [0.3, 0.4) is 0 Å². The minimum atomic E-state index is -1.15. The minimum Gasteiger partial charge on any atom is -0.451 e. The van der Waals surface area contributed by atoms with Gasteiger partial charge in [-0.2, -0.15) is 0 Å². The van der Waals surface area contributed by atoms with E-state index in [1.165, 1.54) is 5.56 Å². The van der Waals surface area contributed by atoms with Crippen LogP contribution in [-0.2, 0) is 16.0 Å². The van der Waals surface area contributed by atoms with Crippen molar-refractivity contribution in [2.45, 2.75) is 82.6 Å². The number of esters is 1. The molecular formula is C29H39NO4S. The fourth-order valence-corrected chi connectivity index (χ4v) is 6.77. The van der Waals surface area contributed by atoms with E-state index in [1.54, 1.807) is 0 Å². The summed E-state index contributed by atoms with van der Waals surface area (Å²) in [6, 6.07) is 10.2. The Bertz CT molecular complexity index is 963. The minimum absolute atomic E-state index is 0.0590. The molecular weight excluding hydrogens is 458 g/mol. The number of hydrogen-bond donors (Lipinski definition) is 3. The molecule has 3 aliphatic rings. The summed E-state index contributed by atoms with van der Waals surface area (Å²) >= 11 is 5.92. The van der Waals surface area contributed by atoms with Crippen molar-refractivity contribution in [1.29, 1.82) is 0 Å². The van der Waals surface area contributed by atoms with E-state index in [2.05, 4.69) is 44.0 Å². The summed E-state index contributed by atoms with van der Waals surface area (Å²) in [6.45, 7) is 8.52. The topological polar surface area (TPSA) is 78.8 Å². The van der Waals surface area contributed by atoms with E-state index in [-0.39, 0.29) is 30.3 Å². The van der Waals surface area contributed by atoms with Gasteiger partial charge in [-0.1, -0.05) is 88.0 Å². The van der Waals surface area contributed by atoms with Crippen LogP contribution < -0.4 is 5.32 Å². The van der Waals surface area contributed by atoms with Gasteiger partial charge in [-0.05, 0) is 48.7 Å². The average Bonchev–Trinajstić information content (AvgIpc) is 3.09. The van der Waals surface area contributed by atoms with E-state index in [1.807, 2.05) is 24.3 Å². The van der Waals surface area contributed by atoms with Crippen LogP contribution in [0.2, 0.25) is 0 Å². The van der Waals surface area contributed by atoms with Crippen LogP contribution in [0.1, 0.15) is 57.9 Å². The van der Waals surface area contributed by atoms with E-state index in [9.17, 15) is 15.0 Å². The standard InChI is InChI=1S/C29H39NO4S/c1-18-9-7-13-22(31)15-16-25(32)34-29-23(14-8-10-18)27(33)20(3)19(2)26(29)24(30-28(29)35)17-21-11-5-4-6-12-21/h4-6,8,11-12,14,18-19,22-24,26-27,31,33H,3,7,9-10,13,15-17H2,1-2H3,(H,30,35)/b14-8+. The summed E-state index contributed by atoms with van der Waals surface area (Å²) in [5, 5.41) is 25.3. The lowest BCUT2D eigenvalue weighted by Gasteiger charge is -2.50. The number of carbonyl (C=O) groups is 1. The van der Waals surface area contributed by atoms with Crippen LogP contribution in [0.4, 0.5) is 0 Å². The van der Waals surface area contributed by atoms with Crippen molar-refractivity contribution in [3.63, 3.8) is 0 Å². The number of thiocarbonyl (C=S) groups is 1. The molecule has 6 heteroatoms. The van der Waals surface area contributed by atoms with Crippen molar-refractivity contribution < 1.29 is 19.7 Å². The molecule has 0 radical (unpaired) electrons. The molecule has 1 aliphatic carbocycles. The molecule has 0 amide bonds. The zero-order chi connectivity index (χ0) is 25.2. The summed E-state index contributed by atoms with van der Waals surface area (Å²) < 4.78 is 6.35. The Morgan fingerprint density at radius 3 is 2.66 bits per heavy atom. The van der Waals surface area contributed by atoms with Crippen LogP contribution in [-0.4, -0.2) is 45.0 Å². The fraction of sp³-hybridized carbons (Fsp3) is 0.586. The Morgan fingerprint density at radius 1 is 1.17 bits per heavy atom. The first-order valence-electron chi connectivity index (χ1n) is 13.0. The number of benzene rings is 1. The van der Waals surface area contributed by atoms with Crippen molar-refractivity contribution in [3.05, 3.63) is 60.2 Å². The van der Waals surface area contributed by atoms with Gasteiger partial charge in [0.2, 0.25) is 0 Å². The fourth-order valence-electron chi connectivity index (χ4n) is 6.30. The second-order valence-corrected chi connectivity index (χ2v) is 11.2. The smallest absolute Gasteiger partial charge is 0.306 e. The summed E-state index contributed by atoms with van der Waals surface area (Å²) in [7, 11) is 0. The lowest BCUT2D eigenvalue weighted by molar-refractivity contribution is -0.169. The number of ether oxygens (including phenoxy) is 1. The van der Waals surface area contributed by atoms with Crippen LogP contribution >= 0.6 is 12.2 Å². The number of allylic oxidation sites excluding steroid dienone is 1. The molecule has 4 rings (SSSR count). The van der Waals surface area contributed by atoms with Crippen LogP contribution in [0.15, 0.2) is 54.6 Å². The number of rotatable bonds is 2.